The Bertz CT molecular complexity index is 512. The SMILES string of the molecule is O=C(O)CC1(CNC(=O)Cc2cccc(Br)c2)CCC1. The minimum atomic E-state index is -0.786. The summed E-state index contributed by atoms with van der Waals surface area (Å²) in [6.45, 7) is 0.464. The quantitative estimate of drug-likeness (QED) is 0.837. The van der Waals surface area contributed by atoms with Crippen LogP contribution in [0.1, 0.15) is 31.2 Å². The van der Waals surface area contributed by atoms with E-state index < -0.39 is 5.97 Å². The van der Waals surface area contributed by atoms with E-state index in [2.05, 4.69) is 21.2 Å². The highest BCUT2D eigenvalue weighted by Crippen LogP contribution is 2.43. The van der Waals surface area contributed by atoms with Gasteiger partial charge in [0.2, 0.25) is 5.91 Å². The number of benzene rings is 1. The van der Waals surface area contributed by atoms with Gasteiger partial charge in [-0.25, -0.2) is 0 Å². The Morgan fingerprint density at radius 3 is 2.65 bits per heavy atom. The first-order valence-corrected chi connectivity index (χ1v) is 7.51. The molecule has 1 aliphatic carbocycles. The molecule has 0 radical (unpaired) electrons. The molecular weight excluding hydrogens is 322 g/mol. The van der Waals surface area contributed by atoms with Crippen LogP contribution in [0.5, 0.6) is 0 Å². The van der Waals surface area contributed by atoms with Gasteiger partial charge in [-0.3, -0.25) is 9.59 Å². The lowest BCUT2D eigenvalue weighted by Crippen LogP contribution is -2.43. The topological polar surface area (TPSA) is 66.4 Å². The number of amides is 1. The minimum Gasteiger partial charge on any atom is -0.481 e. The molecule has 0 atom stereocenters. The molecule has 0 aliphatic heterocycles. The molecule has 0 unspecified atom stereocenters. The molecule has 1 saturated carbocycles. The van der Waals surface area contributed by atoms with Crippen molar-refractivity contribution in [3.8, 4) is 0 Å². The van der Waals surface area contributed by atoms with E-state index in [1.165, 1.54) is 0 Å². The number of carbonyl (C=O) groups is 2. The molecule has 4 nitrogen and oxygen atoms in total. The van der Waals surface area contributed by atoms with Gasteiger partial charge in [-0.2, -0.15) is 0 Å². The van der Waals surface area contributed by atoms with Crippen LogP contribution < -0.4 is 5.32 Å². The molecule has 1 aromatic rings. The summed E-state index contributed by atoms with van der Waals surface area (Å²) in [6.07, 6.45) is 3.29. The normalized spacial score (nSPS) is 16.2. The summed E-state index contributed by atoms with van der Waals surface area (Å²) in [5, 5.41) is 11.8. The lowest BCUT2D eigenvalue weighted by atomic mass is 9.66. The average molecular weight is 340 g/mol. The fourth-order valence-electron chi connectivity index (χ4n) is 2.59. The number of carboxylic acids is 1. The second kappa shape index (κ2) is 6.39. The van der Waals surface area contributed by atoms with Gasteiger partial charge in [-0.1, -0.05) is 34.5 Å². The van der Waals surface area contributed by atoms with Gasteiger partial charge in [-0.05, 0) is 36.0 Å². The zero-order valence-corrected chi connectivity index (χ0v) is 12.8. The first kappa shape index (κ1) is 15.0. The van der Waals surface area contributed by atoms with Crippen LogP contribution in [-0.4, -0.2) is 23.5 Å². The highest BCUT2D eigenvalue weighted by atomic mass is 79.9. The van der Waals surface area contributed by atoms with Crippen molar-refractivity contribution in [2.75, 3.05) is 6.54 Å². The first-order chi connectivity index (χ1) is 9.49. The van der Waals surface area contributed by atoms with Crippen LogP contribution in [0.25, 0.3) is 0 Å². The third-order valence-electron chi connectivity index (χ3n) is 3.85. The van der Waals surface area contributed by atoms with Crippen molar-refractivity contribution in [3.05, 3.63) is 34.3 Å². The lowest BCUT2D eigenvalue weighted by Gasteiger charge is -2.40. The van der Waals surface area contributed by atoms with Crippen LogP contribution in [0.3, 0.4) is 0 Å². The maximum absolute atomic E-state index is 11.9. The molecule has 20 heavy (non-hydrogen) atoms. The van der Waals surface area contributed by atoms with Crippen LogP contribution in [0, 0.1) is 5.41 Å². The molecule has 2 N–H and O–H groups in total. The summed E-state index contributed by atoms with van der Waals surface area (Å²) in [5.41, 5.74) is 0.719. The maximum atomic E-state index is 11.9. The van der Waals surface area contributed by atoms with E-state index in [1.54, 1.807) is 0 Å². The highest BCUT2D eigenvalue weighted by Gasteiger charge is 2.39. The van der Waals surface area contributed by atoms with Crippen molar-refractivity contribution in [1.82, 2.24) is 5.32 Å². The number of hydrogen-bond acceptors (Lipinski definition) is 2. The number of aliphatic carboxylic acids is 1. The summed E-state index contributed by atoms with van der Waals surface area (Å²) in [4.78, 5) is 22.8. The Hall–Kier alpha value is -1.36. The van der Waals surface area contributed by atoms with E-state index in [0.29, 0.717) is 13.0 Å². The number of carbonyl (C=O) groups excluding carboxylic acids is 1. The molecule has 0 saturated heterocycles. The molecule has 1 amide bonds. The van der Waals surface area contributed by atoms with Gasteiger partial charge in [-0.15, -0.1) is 0 Å². The van der Waals surface area contributed by atoms with Gasteiger partial charge in [0.15, 0.2) is 0 Å². The number of halogens is 1. The summed E-state index contributed by atoms with van der Waals surface area (Å²) >= 11 is 3.37. The molecule has 5 heteroatoms. The van der Waals surface area contributed by atoms with Gasteiger partial charge < -0.3 is 10.4 Å². The molecule has 0 heterocycles. The molecule has 1 fully saturated rings. The molecule has 1 aromatic carbocycles. The fraction of sp³-hybridized carbons (Fsp3) is 0.467. The van der Waals surface area contributed by atoms with Gasteiger partial charge in [0.1, 0.15) is 0 Å². The Balaban J connectivity index is 1.84. The standard InChI is InChI=1S/C15H18BrNO3/c16-12-4-1-3-11(7-12)8-13(18)17-10-15(5-2-6-15)9-14(19)20/h1,3-4,7H,2,5-6,8-10H2,(H,17,18)(H,19,20). The zero-order valence-electron chi connectivity index (χ0n) is 11.2. The fourth-order valence-corrected chi connectivity index (χ4v) is 3.04. The number of rotatable bonds is 6. The van der Waals surface area contributed by atoms with E-state index in [4.69, 9.17) is 5.11 Å². The van der Waals surface area contributed by atoms with Crippen LogP contribution in [0.15, 0.2) is 28.7 Å². The van der Waals surface area contributed by atoms with Crippen LogP contribution in [0.2, 0.25) is 0 Å². The van der Waals surface area contributed by atoms with E-state index >= 15 is 0 Å². The maximum Gasteiger partial charge on any atom is 0.303 e. The highest BCUT2D eigenvalue weighted by molar-refractivity contribution is 9.10. The third kappa shape index (κ3) is 4.07. The van der Waals surface area contributed by atoms with Crippen LogP contribution in [0.4, 0.5) is 0 Å². The minimum absolute atomic E-state index is 0.0558. The number of nitrogens with one attached hydrogen (secondary N) is 1. The van der Waals surface area contributed by atoms with E-state index in [0.717, 1.165) is 29.3 Å². The number of carboxylic acid groups (broad SMARTS) is 1. The third-order valence-corrected chi connectivity index (χ3v) is 4.35. The Morgan fingerprint density at radius 2 is 2.10 bits per heavy atom. The van der Waals surface area contributed by atoms with Crippen molar-refractivity contribution >= 4 is 27.8 Å². The Morgan fingerprint density at radius 1 is 1.35 bits per heavy atom. The number of hydrogen-bond donors (Lipinski definition) is 2. The molecule has 0 spiro atoms. The first-order valence-electron chi connectivity index (χ1n) is 6.72. The summed E-state index contributed by atoms with van der Waals surface area (Å²) in [6, 6.07) is 7.62. The second-order valence-corrected chi connectivity index (χ2v) is 6.42. The van der Waals surface area contributed by atoms with Crippen molar-refractivity contribution in [2.45, 2.75) is 32.1 Å². The summed E-state index contributed by atoms with van der Waals surface area (Å²) in [7, 11) is 0. The smallest absolute Gasteiger partial charge is 0.303 e. The molecule has 2 rings (SSSR count). The van der Waals surface area contributed by atoms with Crippen molar-refractivity contribution in [3.63, 3.8) is 0 Å². The molecule has 0 bridgehead atoms. The molecule has 1 aliphatic rings. The Labute approximate surface area is 126 Å². The zero-order chi connectivity index (χ0) is 14.6. The van der Waals surface area contributed by atoms with E-state index in [-0.39, 0.29) is 17.7 Å². The van der Waals surface area contributed by atoms with Crippen molar-refractivity contribution < 1.29 is 14.7 Å². The Kier molecular flexibility index (Phi) is 4.81. The lowest BCUT2D eigenvalue weighted by molar-refractivity contribution is -0.141. The van der Waals surface area contributed by atoms with Crippen molar-refractivity contribution in [2.24, 2.45) is 5.41 Å². The predicted molar refractivity (Wildman–Crippen MR) is 79.4 cm³/mol. The monoisotopic (exact) mass is 339 g/mol. The predicted octanol–water partition coefficient (Wildman–Crippen LogP) is 2.75. The molecule has 0 aromatic heterocycles. The van der Waals surface area contributed by atoms with Gasteiger partial charge in [0, 0.05) is 11.0 Å². The van der Waals surface area contributed by atoms with Crippen molar-refractivity contribution in [1.29, 1.82) is 0 Å². The van der Waals surface area contributed by atoms with Crippen LogP contribution in [-0.2, 0) is 16.0 Å². The summed E-state index contributed by atoms with van der Waals surface area (Å²) in [5.74, 6) is -0.842. The van der Waals surface area contributed by atoms with Gasteiger partial charge >= 0.3 is 5.97 Å². The molecular formula is C15H18BrNO3. The molecule has 108 valence electrons. The summed E-state index contributed by atoms with van der Waals surface area (Å²) < 4.78 is 0.948. The average Bonchev–Trinajstić information content (AvgIpc) is 2.32. The van der Waals surface area contributed by atoms with Crippen LogP contribution >= 0.6 is 15.9 Å². The van der Waals surface area contributed by atoms with E-state index in [1.807, 2.05) is 24.3 Å². The van der Waals surface area contributed by atoms with Gasteiger partial charge in [0.05, 0.1) is 12.8 Å². The van der Waals surface area contributed by atoms with E-state index in [9.17, 15) is 9.59 Å². The van der Waals surface area contributed by atoms with Gasteiger partial charge in [0.25, 0.3) is 0 Å². The largest absolute Gasteiger partial charge is 0.481 e. The second-order valence-electron chi connectivity index (χ2n) is 5.51.